The molecule has 1 N–H and O–H groups in total. The minimum absolute atomic E-state index is 0. The van der Waals surface area contributed by atoms with Crippen molar-refractivity contribution in [2.75, 3.05) is 0 Å². The second-order valence-corrected chi connectivity index (χ2v) is 28.5. The molecule has 8 aromatic rings. The maximum Gasteiger partial charge on any atom is 0.148 e. The Morgan fingerprint density at radius 2 is 1.13 bits per heavy atom. The van der Waals surface area contributed by atoms with Crippen LogP contribution in [0, 0.1) is 6.07 Å². The summed E-state index contributed by atoms with van der Waals surface area (Å²) in [5.41, 5.74) is 20.5. The zero-order valence-electron chi connectivity index (χ0n) is 49.4. The van der Waals surface area contributed by atoms with Crippen LogP contribution in [0.1, 0.15) is 195 Å². The van der Waals surface area contributed by atoms with Crippen molar-refractivity contribution >= 4 is 11.0 Å². The molecule has 0 spiro atoms. The number of hydrogen-bond acceptors (Lipinski definition) is 3. The summed E-state index contributed by atoms with van der Waals surface area (Å²) in [7, 11) is 0. The number of para-hydroxylation sites is 1. The molecule has 0 saturated heterocycles. The third-order valence-corrected chi connectivity index (χ3v) is 17.7. The molecule has 0 radical (unpaired) electrons. The normalized spacial score (nSPS) is 16.9. The van der Waals surface area contributed by atoms with Crippen LogP contribution in [0.2, 0.25) is 0 Å². The number of nitrogens with zero attached hydrogens (tertiary/aromatic N) is 3. The maximum atomic E-state index is 12.8. The van der Waals surface area contributed by atoms with E-state index >= 15 is 0 Å². The number of phenols is 1. The Bertz CT molecular complexity index is 3550. The minimum atomic E-state index is -0.336. The smallest absolute Gasteiger partial charge is 0.148 e. The number of aromatic hydroxyl groups is 1. The van der Waals surface area contributed by atoms with Gasteiger partial charge in [0, 0.05) is 44.1 Å². The van der Waals surface area contributed by atoms with Crippen molar-refractivity contribution in [3.63, 3.8) is 0 Å². The molecule has 0 fully saturated rings. The SMILES string of the molecule is CC(C)(C)c1ccc(-n2c(-c3cc(C(C)(C)C)cc(C(C)(C)C)c3O)nc3c(-c4[c-]c(-c5cc(-c6ccc7c(c6)C(C)(C)CCCC7(C)C)ccn5)c5c(c4)C(C)(C)CCCC5(C)C)cccc32)c(-c2ccccc2)c1.[Pt]. The van der Waals surface area contributed by atoms with Gasteiger partial charge in [0.1, 0.15) is 11.6 Å². The van der Waals surface area contributed by atoms with Gasteiger partial charge in [0.15, 0.2) is 0 Å². The van der Waals surface area contributed by atoms with Crippen molar-refractivity contribution in [1.29, 1.82) is 0 Å². The van der Waals surface area contributed by atoms with E-state index in [4.69, 9.17) is 9.97 Å². The van der Waals surface area contributed by atoms with Crippen LogP contribution in [0.5, 0.6) is 5.75 Å². The van der Waals surface area contributed by atoms with E-state index in [0.717, 1.165) is 86.2 Å². The number of hydrogen-bond donors (Lipinski definition) is 1. The van der Waals surface area contributed by atoms with Gasteiger partial charge in [-0.15, -0.1) is 28.8 Å². The summed E-state index contributed by atoms with van der Waals surface area (Å²) in [6.45, 7) is 39.6. The fourth-order valence-corrected chi connectivity index (χ4v) is 12.8. The Morgan fingerprint density at radius 3 is 1.78 bits per heavy atom. The Labute approximate surface area is 476 Å². The second-order valence-electron chi connectivity index (χ2n) is 28.5. The van der Waals surface area contributed by atoms with E-state index in [0.29, 0.717) is 5.82 Å². The molecule has 0 amide bonds. The summed E-state index contributed by atoms with van der Waals surface area (Å²) >= 11 is 0. The molecule has 2 aromatic heterocycles. The van der Waals surface area contributed by atoms with Crippen molar-refractivity contribution in [2.45, 2.75) is 194 Å². The molecule has 6 aromatic carbocycles. The summed E-state index contributed by atoms with van der Waals surface area (Å²) in [5, 5.41) is 12.8. The molecule has 0 atom stereocenters. The van der Waals surface area contributed by atoms with E-state index in [9.17, 15) is 5.11 Å². The van der Waals surface area contributed by atoms with E-state index in [1.807, 2.05) is 6.20 Å². The molecule has 0 bridgehead atoms. The van der Waals surface area contributed by atoms with Crippen LogP contribution in [0.3, 0.4) is 0 Å². The Balaban J connectivity index is 0.00000722. The van der Waals surface area contributed by atoms with Gasteiger partial charge < -0.3 is 5.11 Å². The van der Waals surface area contributed by atoms with Gasteiger partial charge in [0.05, 0.1) is 22.3 Å². The van der Waals surface area contributed by atoms with E-state index in [1.165, 1.54) is 58.2 Å². The third kappa shape index (κ3) is 10.4. The van der Waals surface area contributed by atoms with Gasteiger partial charge in [0.25, 0.3) is 0 Å². The number of fused-ring (bicyclic) bond motifs is 3. The van der Waals surface area contributed by atoms with Crippen LogP contribution < -0.4 is 0 Å². The largest absolute Gasteiger partial charge is 0.507 e. The number of benzene rings is 6. The first-order valence-electron chi connectivity index (χ1n) is 28.3. The average molecular weight is 1200 g/mol. The first-order valence-corrected chi connectivity index (χ1v) is 28.3. The first kappa shape index (κ1) is 56.2. The molecular weight excluding hydrogens is 1120 g/mol. The number of pyridine rings is 1. The quantitative estimate of drug-likeness (QED) is 0.133. The van der Waals surface area contributed by atoms with E-state index in [1.54, 1.807) is 0 Å². The van der Waals surface area contributed by atoms with Gasteiger partial charge in [-0.25, -0.2) is 4.98 Å². The monoisotopic (exact) mass is 1200 g/mol. The number of rotatable bonds is 6. The van der Waals surface area contributed by atoms with Gasteiger partial charge in [-0.1, -0.05) is 227 Å². The molecule has 5 heteroatoms. The molecule has 0 saturated carbocycles. The van der Waals surface area contributed by atoms with Crippen LogP contribution in [0.15, 0.2) is 121 Å². The summed E-state index contributed by atoms with van der Waals surface area (Å²) in [4.78, 5) is 11.1. The van der Waals surface area contributed by atoms with Crippen molar-refractivity contribution in [1.82, 2.24) is 14.5 Å². The van der Waals surface area contributed by atoms with Gasteiger partial charge in [-0.2, -0.15) is 0 Å². The third-order valence-electron chi connectivity index (χ3n) is 17.7. The average Bonchev–Trinajstić information content (AvgIpc) is 3.66. The number of aromatic nitrogens is 3. The Morgan fingerprint density at radius 1 is 0.519 bits per heavy atom. The summed E-state index contributed by atoms with van der Waals surface area (Å²) in [6.07, 6.45) is 8.91. The zero-order valence-corrected chi connectivity index (χ0v) is 51.7. The number of phenolic OH excluding ortho intramolecular Hbond substituents is 1. The predicted octanol–water partition coefficient (Wildman–Crippen LogP) is 19.6. The Hall–Kier alpha value is -5.57. The van der Waals surface area contributed by atoms with Crippen molar-refractivity contribution < 1.29 is 26.2 Å². The summed E-state index contributed by atoms with van der Waals surface area (Å²) < 4.78 is 2.33. The van der Waals surface area contributed by atoms with E-state index in [-0.39, 0.29) is 64.7 Å². The van der Waals surface area contributed by atoms with Crippen LogP contribution in [-0.4, -0.2) is 19.6 Å². The van der Waals surface area contributed by atoms with Gasteiger partial charge in [0.2, 0.25) is 0 Å². The first-order chi connectivity index (χ1) is 35.5. The van der Waals surface area contributed by atoms with Crippen molar-refractivity contribution in [3.05, 3.63) is 166 Å². The van der Waals surface area contributed by atoms with E-state index in [2.05, 4.69) is 244 Å². The van der Waals surface area contributed by atoms with Crippen molar-refractivity contribution in [2.24, 2.45) is 0 Å². The van der Waals surface area contributed by atoms with Gasteiger partial charge in [-0.3, -0.25) is 9.55 Å². The predicted molar refractivity (Wildman–Crippen MR) is 322 cm³/mol. The minimum Gasteiger partial charge on any atom is -0.507 e. The molecule has 2 aliphatic rings. The maximum absolute atomic E-state index is 12.8. The molecular formula is C72H84N3OPt-. The number of imidazole rings is 1. The molecule has 404 valence electrons. The summed E-state index contributed by atoms with van der Waals surface area (Å²) in [6, 6.07) is 47.1. The van der Waals surface area contributed by atoms with Crippen molar-refractivity contribution in [3.8, 4) is 67.5 Å². The second kappa shape index (κ2) is 19.7. The fourth-order valence-electron chi connectivity index (χ4n) is 12.8. The molecule has 10 rings (SSSR count). The van der Waals surface area contributed by atoms with E-state index < -0.39 is 0 Å². The molecule has 2 heterocycles. The van der Waals surface area contributed by atoms with Crippen LogP contribution in [0.25, 0.3) is 72.7 Å². The van der Waals surface area contributed by atoms with Crippen LogP contribution in [0.4, 0.5) is 0 Å². The fraction of sp³-hybridized carbons (Fsp3) is 0.417. The van der Waals surface area contributed by atoms with Crippen LogP contribution in [-0.2, 0) is 59.0 Å². The molecule has 2 aliphatic carbocycles. The molecule has 4 nitrogen and oxygen atoms in total. The Kier molecular flexibility index (Phi) is 14.3. The van der Waals surface area contributed by atoms with Gasteiger partial charge >= 0.3 is 0 Å². The standard InChI is InChI=1S/C72H84N3O.Pt/c1-66(2,3)49-29-31-60(52(42-49)45-24-19-18-20-25-45)75-61-27-21-26-51(63(61)74-65(75)54-43-50(67(4,5)6)44-58(64(54)76)68(7,8)9)48-38-53(62-57(40-48)71(14,15)35-23-36-72(62,16)17)59-41-47(32-37-73-59)46-28-30-55-56(39-46)70(12,13)34-22-33-69(55,10)11;/h18-21,24-32,37,39-44,76H,22-23,33-36H2,1-17H3;/q-1;. The molecule has 0 unspecified atom stereocenters. The molecule has 77 heavy (non-hydrogen) atoms. The zero-order chi connectivity index (χ0) is 54.7. The summed E-state index contributed by atoms with van der Waals surface area (Å²) in [5.74, 6) is 0.970. The topological polar surface area (TPSA) is 50.9 Å². The molecule has 0 aliphatic heterocycles. The van der Waals surface area contributed by atoms with Gasteiger partial charge in [-0.05, 0) is 126 Å². The van der Waals surface area contributed by atoms with Crippen LogP contribution >= 0.6 is 0 Å².